The van der Waals surface area contributed by atoms with Gasteiger partial charge in [0.25, 0.3) is 0 Å². The topological polar surface area (TPSA) is 194 Å². The number of hydrogen-bond donors (Lipinski definition) is 0. The minimum Gasteiger partial charge on any atom is -0.416 e. The summed E-state index contributed by atoms with van der Waals surface area (Å²) in [6.07, 6.45) is 0. The first kappa shape index (κ1) is 34.5. The molecule has 0 atom stereocenters. The summed E-state index contributed by atoms with van der Waals surface area (Å²) in [6.45, 7) is 5.76. The van der Waals surface area contributed by atoms with Crippen LogP contribution in [0.15, 0.2) is 104 Å². The van der Waals surface area contributed by atoms with Crippen molar-refractivity contribution in [1.82, 2.24) is 61.2 Å². The van der Waals surface area contributed by atoms with E-state index in [1.54, 1.807) is 0 Å². The third-order valence-corrected chi connectivity index (χ3v) is 11.3. The molecule has 18 heteroatoms. The predicted molar refractivity (Wildman–Crippen MR) is 214 cm³/mol. The zero-order valence-electron chi connectivity index (χ0n) is 30.0. The molecule has 276 valence electrons. The van der Waals surface area contributed by atoms with Crippen molar-refractivity contribution in [3.05, 3.63) is 106 Å². The van der Waals surface area contributed by atoms with E-state index in [1.165, 1.54) is 34.0 Å². The van der Waals surface area contributed by atoms with Crippen molar-refractivity contribution in [2.45, 2.75) is 20.8 Å². The molecule has 4 aromatic carbocycles. The number of hydrogen-bond acceptors (Lipinski definition) is 18. The van der Waals surface area contributed by atoms with Gasteiger partial charge in [0.1, 0.15) is 30.0 Å². The Bertz CT molecular complexity index is 2730. The monoisotopic (exact) mass is 804 g/mol. The summed E-state index contributed by atoms with van der Waals surface area (Å²) in [5, 5.41) is 56.8. The van der Waals surface area contributed by atoms with Gasteiger partial charge in [0.2, 0.25) is 35.3 Å². The van der Waals surface area contributed by atoms with E-state index >= 15 is 0 Å². The van der Waals surface area contributed by atoms with Crippen LogP contribution in [0.2, 0.25) is 0 Å². The molecule has 0 aliphatic rings. The summed E-state index contributed by atoms with van der Waals surface area (Å²) >= 11 is 4.53. The van der Waals surface area contributed by atoms with Gasteiger partial charge in [0.05, 0.1) is 0 Å². The number of nitrogens with zero attached hydrogens (tertiary/aromatic N) is 12. The van der Waals surface area contributed by atoms with Crippen LogP contribution in [0.3, 0.4) is 0 Å². The molecule has 10 rings (SSSR count). The molecule has 0 aliphatic heterocycles. The van der Waals surface area contributed by atoms with Gasteiger partial charge in [0, 0.05) is 50.1 Å². The third kappa shape index (κ3) is 6.92. The third-order valence-electron chi connectivity index (χ3n) is 8.60. The van der Waals surface area contributed by atoms with Crippen LogP contribution in [0.4, 0.5) is 0 Å². The van der Waals surface area contributed by atoms with Gasteiger partial charge in [-0.05, 0) is 75.4 Å². The molecule has 0 radical (unpaired) electrons. The molecule has 0 saturated heterocycles. The van der Waals surface area contributed by atoms with Crippen molar-refractivity contribution in [3.8, 4) is 100 Å². The van der Waals surface area contributed by atoms with Crippen molar-refractivity contribution >= 4 is 34.0 Å². The Labute approximate surface area is 334 Å². The van der Waals surface area contributed by atoms with Crippen molar-refractivity contribution in [2.24, 2.45) is 0 Å². The maximum atomic E-state index is 6.29. The van der Waals surface area contributed by atoms with Gasteiger partial charge in [-0.1, -0.05) is 70.4 Å². The Morgan fingerprint density at radius 1 is 0.298 bits per heavy atom. The molecule has 15 nitrogen and oxygen atoms in total. The van der Waals surface area contributed by atoms with Crippen molar-refractivity contribution in [3.63, 3.8) is 0 Å². The number of benzene rings is 4. The lowest BCUT2D eigenvalue weighted by atomic mass is 10.1. The van der Waals surface area contributed by atoms with E-state index in [2.05, 4.69) is 61.2 Å². The van der Waals surface area contributed by atoms with Crippen LogP contribution < -0.4 is 0 Å². The molecule has 0 saturated carbocycles. The summed E-state index contributed by atoms with van der Waals surface area (Å²) < 4.78 is 18.9. The Hall–Kier alpha value is -7.02. The van der Waals surface area contributed by atoms with Gasteiger partial charge < -0.3 is 13.3 Å². The smallest absolute Gasteiger partial charge is 0.248 e. The zero-order chi connectivity index (χ0) is 38.5. The molecule has 0 fully saturated rings. The Balaban J connectivity index is 1.03. The van der Waals surface area contributed by atoms with E-state index in [4.69, 9.17) is 13.3 Å². The number of aromatic nitrogens is 12. The predicted octanol–water partition coefficient (Wildman–Crippen LogP) is 9.32. The number of rotatable bonds is 9. The first-order chi connectivity index (χ1) is 27.9. The minimum absolute atomic E-state index is 0.254. The lowest BCUT2D eigenvalue weighted by Gasteiger charge is -2.04. The molecule has 0 bridgehead atoms. The van der Waals surface area contributed by atoms with Crippen LogP contribution in [0.5, 0.6) is 0 Å². The van der Waals surface area contributed by atoms with Crippen molar-refractivity contribution in [1.29, 1.82) is 0 Å². The summed E-state index contributed by atoms with van der Waals surface area (Å²) in [4.78, 5) is 0. The lowest BCUT2D eigenvalue weighted by Crippen LogP contribution is -1.87. The quantitative estimate of drug-likeness (QED) is 0.134. The molecule has 10 aromatic rings. The van der Waals surface area contributed by atoms with Gasteiger partial charge in [-0.2, -0.15) is 0 Å². The molecular formula is C39H24N12O3S3. The summed E-state index contributed by atoms with van der Waals surface area (Å²) in [5.41, 5.74) is 6.59. The average molecular weight is 805 g/mol. The highest BCUT2D eigenvalue weighted by molar-refractivity contribution is 7.15. The molecule has 57 heavy (non-hydrogen) atoms. The van der Waals surface area contributed by atoms with Crippen LogP contribution in [0.25, 0.3) is 100 Å². The highest BCUT2D eigenvalue weighted by atomic mass is 32.1. The van der Waals surface area contributed by atoms with E-state index < -0.39 is 0 Å². The first-order valence-electron chi connectivity index (χ1n) is 17.3. The molecule has 0 amide bonds. The Morgan fingerprint density at radius 3 is 0.807 bits per heavy atom. The zero-order valence-corrected chi connectivity index (χ0v) is 32.4. The lowest BCUT2D eigenvalue weighted by molar-refractivity contribution is 0.580. The van der Waals surface area contributed by atoms with Gasteiger partial charge in [0.15, 0.2) is 0 Å². The van der Waals surface area contributed by atoms with Crippen LogP contribution in [-0.2, 0) is 0 Å². The molecule has 0 aliphatic carbocycles. The summed E-state index contributed by atoms with van der Waals surface area (Å²) in [7, 11) is 0. The minimum atomic E-state index is 0.254. The molecule has 6 heterocycles. The van der Waals surface area contributed by atoms with Gasteiger partial charge in [-0.3, -0.25) is 0 Å². The van der Waals surface area contributed by atoms with Crippen LogP contribution in [0.1, 0.15) is 15.0 Å². The maximum Gasteiger partial charge on any atom is 0.248 e. The molecular weight excluding hydrogens is 781 g/mol. The maximum absolute atomic E-state index is 6.29. The van der Waals surface area contributed by atoms with Gasteiger partial charge >= 0.3 is 0 Å². The first-order valence-corrected chi connectivity index (χ1v) is 19.7. The largest absolute Gasteiger partial charge is 0.416 e. The molecule has 0 N–H and O–H groups in total. The highest BCUT2D eigenvalue weighted by Gasteiger charge is 2.21. The number of aryl methyl sites for hydroxylation is 3. The summed E-state index contributed by atoms with van der Waals surface area (Å²) in [6, 6.07) is 28.7. The Kier molecular flexibility index (Phi) is 8.61. The van der Waals surface area contributed by atoms with Gasteiger partial charge in [-0.25, -0.2) is 0 Å². The second kappa shape index (κ2) is 14.2. The second-order valence-electron chi connectivity index (χ2n) is 12.7. The molecule has 0 unspecified atom stereocenters. The molecule has 0 spiro atoms. The fraction of sp³-hybridized carbons (Fsp3) is 0.0769. The van der Waals surface area contributed by atoms with E-state index in [1.807, 2.05) is 112 Å². The second-order valence-corrected chi connectivity index (χ2v) is 16.2. The Morgan fingerprint density at radius 2 is 0.544 bits per heavy atom. The average Bonchev–Trinajstić information content (AvgIpc) is 4.10. The fourth-order valence-electron chi connectivity index (χ4n) is 5.96. The van der Waals surface area contributed by atoms with Crippen molar-refractivity contribution in [2.75, 3.05) is 0 Å². The van der Waals surface area contributed by atoms with Gasteiger partial charge in [-0.15, -0.1) is 61.2 Å². The van der Waals surface area contributed by atoms with E-state index in [0.717, 1.165) is 63.4 Å². The van der Waals surface area contributed by atoms with Crippen LogP contribution >= 0.6 is 34.0 Å². The fourth-order valence-corrected chi connectivity index (χ4v) is 8.03. The van der Waals surface area contributed by atoms with Crippen LogP contribution in [0, 0.1) is 20.8 Å². The van der Waals surface area contributed by atoms with E-state index in [-0.39, 0.29) is 17.7 Å². The summed E-state index contributed by atoms with van der Waals surface area (Å²) in [5.74, 6) is 1.75. The van der Waals surface area contributed by atoms with Crippen molar-refractivity contribution < 1.29 is 13.3 Å². The SMILES string of the molecule is Cc1nnc(-c2cccc(-c3nnc(-c4cc(-c5nnc(-c6cccc(-c7nnc(C)s7)c6)o5)cc(-c5nnc(-c6cccc(-c7nnc(C)s7)c6)o5)c4)o3)c2)s1. The van der Waals surface area contributed by atoms with E-state index in [9.17, 15) is 0 Å². The highest BCUT2D eigenvalue weighted by Crippen LogP contribution is 2.37. The van der Waals surface area contributed by atoms with Crippen LogP contribution in [-0.4, -0.2) is 61.2 Å². The molecule has 6 aromatic heterocycles. The normalized spacial score (nSPS) is 11.4. The standard InChI is InChI=1S/C39H24N12O3S3/c1-19-40-49-37(55-19)25-10-4-7-22(13-25)31-43-46-34(52-31)28-16-29(35-47-44-32(53-35)23-8-5-11-26(14-23)38-50-41-20(2)56-38)18-30(17-28)36-48-45-33(54-36)24-9-6-12-27(15-24)39-51-42-21(3)57-39/h4-18H,1-3H3. The van der Waals surface area contributed by atoms with E-state index in [0.29, 0.717) is 34.4 Å².